The predicted molar refractivity (Wildman–Crippen MR) is 233 cm³/mol. The SMILES string of the molecule is COc1ccc(Br)c(CC(C)=O)c1.COc1ccc(C2=Cc3ccc(C)cc3CC2)c(NC(C)=O)c1.Cc1ccc2c(c1)CCC(B1OC(C)(C)C(C)(C)O1)=C2. The number of aryl methyl sites for hydroxylation is 4. The zero-order valence-corrected chi connectivity index (χ0v) is 36.1. The number of carbonyl (C=O) groups is 2. The normalized spacial score (nSPS) is 16.0. The van der Waals surface area contributed by atoms with Crippen molar-refractivity contribution in [1.82, 2.24) is 0 Å². The Kier molecular flexibility index (Phi) is 13.9. The fourth-order valence-corrected chi connectivity index (χ4v) is 7.35. The maximum atomic E-state index is 11.5. The lowest BCUT2D eigenvalue weighted by atomic mass is 9.71. The molecule has 0 radical (unpaired) electrons. The molecular formula is C47H55BBrNO6. The molecule has 1 amide bonds. The van der Waals surface area contributed by atoms with Crippen molar-refractivity contribution in [2.75, 3.05) is 19.5 Å². The van der Waals surface area contributed by atoms with Gasteiger partial charge in [-0.15, -0.1) is 0 Å². The molecule has 56 heavy (non-hydrogen) atoms. The lowest BCUT2D eigenvalue weighted by molar-refractivity contribution is -0.116. The van der Waals surface area contributed by atoms with E-state index in [1.54, 1.807) is 21.1 Å². The standard InChI is InChI=1S/C20H21NO2.C17H23BO2.C10H11BrO2/c1-13-4-5-16-11-17(7-6-15(16)10-13)19-9-8-18(23-3)12-20(19)21-14(2)22;1-12-6-7-14-11-15(9-8-13(14)10-12)18-19-16(2,3)17(4,5)20-18;1-7(12)5-8-6-9(13-2)3-4-10(8)11/h4-5,8-12H,6-7H2,1-3H3,(H,21,22);6-7,10-11H,8-9H2,1-5H3;3-4,6H,5H2,1-2H3. The van der Waals surface area contributed by atoms with Gasteiger partial charge in [0.25, 0.3) is 0 Å². The highest BCUT2D eigenvalue weighted by molar-refractivity contribution is 9.10. The molecule has 1 N–H and O–H groups in total. The summed E-state index contributed by atoms with van der Waals surface area (Å²) in [7, 11) is 3.04. The summed E-state index contributed by atoms with van der Waals surface area (Å²) in [5.41, 5.74) is 12.9. The number of methoxy groups -OCH3 is 2. The summed E-state index contributed by atoms with van der Waals surface area (Å²) in [5.74, 6) is 1.59. The summed E-state index contributed by atoms with van der Waals surface area (Å²) in [6, 6.07) is 24.7. The van der Waals surface area contributed by atoms with Crippen LogP contribution in [0.3, 0.4) is 0 Å². The maximum absolute atomic E-state index is 11.5. The average molecular weight is 821 g/mol. The van der Waals surface area contributed by atoms with E-state index < -0.39 is 0 Å². The second-order valence-corrected chi connectivity index (χ2v) is 16.7. The molecule has 7 rings (SSSR count). The van der Waals surface area contributed by atoms with Crippen molar-refractivity contribution in [3.63, 3.8) is 0 Å². The van der Waals surface area contributed by atoms with Crippen molar-refractivity contribution in [3.8, 4) is 11.5 Å². The first kappa shape index (κ1) is 42.7. The number of hydrogen-bond donors (Lipinski definition) is 1. The van der Waals surface area contributed by atoms with Gasteiger partial charge in [0.2, 0.25) is 5.91 Å². The number of allylic oxidation sites excluding steroid dienone is 2. The van der Waals surface area contributed by atoms with Crippen LogP contribution in [0.1, 0.15) is 98.9 Å². The van der Waals surface area contributed by atoms with E-state index in [9.17, 15) is 9.59 Å². The van der Waals surface area contributed by atoms with Crippen LogP contribution >= 0.6 is 15.9 Å². The smallest absolute Gasteiger partial charge is 0.490 e. The molecule has 2 aliphatic carbocycles. The largest absolute Gasteiger partial charge is 0.497 e. The van der Waals surface area contributed by atoms with Crippen molar-refractivity contribution in [2.45, 2.75) is 98.7 Å². The number of rotatable bonds is 7. The minimum absolute atomic E-state index is 0.0769. The molecule has 1 fully saturated rings. The van der Waals surface area contributed by atoms with E-state index in [2.05, 4.69) is 111 Å². The summed E-state index contributed by atoms with van der Waals surface area (Å²) in [4.78, 5) is 22.4. The Morgan fingerprint density at radius 1 is 0.732 bits per heavy atom. The van der Waals surface area contributed by atoms with Crippen LogP contribution in [0, 0.1) is 13.8 Å². The van der Waals surface area contributed by atoms with Gasteiger partial charge in [-0.05, 0) is 143 Å². The van der Waals surface area contributed by atoms with Gasteiger partial charge in [0.05, 0.1) is 31.1 Å². The average Bonchev–Trinajstić information content (AvgIpc) is 3.37. The first-order valence-electron chi connectivity index (χ1n) is 19.2. The van der Waals surface area contributed by atoms with Gasteiger partial charge in [0.15, 0.2) is 0 Å². The van der Waals surface area contributed by atoms with Gasteiger partial charge < -0.3 is 24.1 Å². The fraction of sp³-hybridized carbons (Fsp3) is 0.362. The molecule has 0 atom stereocenters. The van der Waals surface area contributed by atoms with Crippen molar-refractivity contribution in [3.05, 3.63) is 127 Å². The van der Waals surface area contributed by atoms with E-state index in [1.807, 2.05) is 36.4 Å². The third-order valence-electron chi connectivity index (χ3n) is 10.7. The first-order chi connectivity index (χ1) is 26.5. The molecule has 0 saturated carbocycles. The number of anilines is 1. The van der Waals surface area contributed by atoms with E-state index in [4.69, 9.17) is 18.8 Å². The molecule has 3 aliphatic rings. The molecule has 4 aromatic rings. The molecule has 1 heterocycles. The van der Waals surface area contributed by atoms with Crippen LogP contribution in [0.25, 0.3) is 17.7 Å². The zero-order valence-electron chi connectivity index (χ0n) is 34.5. The molecule has 1 aliphatic heterocycles. The number of amides is 1. The van der Waals surface area contributed by atoms with Crippen molar-refractivity contribution >= 4 is 58.2 Å². The lowest BCUT2D eigenvalue weighted by Gasteiger charge is -2.32. The molecular weight excluding hydrogens is 765 g/mol. The molecule has 1 saturated heterocycles. The summed E-state index contributed by atoms with van der Waals surface area (Å²) < 4.78 is 23.6. The lowest BCUT2D eigenvalue weighted by Crippen LogP contribution is -2.41. The van der Waals surface area contributed by atoms with Crippen LogP contribution in [0.2, 0.25) is 0 Å². The number of carbonyl (C=O) groups excluding carboxylic acids is 2. The van der Waals surface area contributed by atoms with Gasteiger partial charge in [-0.2, -0.15) is 0 Å². The number of nitrogens with one attached hydrogen (secondary N) is 1. The zero-order chi connectivity index (χ0) is 40.8. The quantitative estimate of drug-likeness (QED) is 0.187. The van der Waals surface area contributed by atoms with Gasteiger partial charge in [-0.1, -0.05) is 75.6 Å². The first-order valence-corrected chi connectivity index (χ1v) is 20.0. The van der Waals surface area contributed by atoms with Crippen LogP contribution in [0.4, 0.5) is 5.69 Å². The van der Waals surface area contributed by atoms with E-state index in [-0.39, 0.29) is 30.0 Å². The Balaban J connectivity index is 0.000000167. The molecule has 9 heteroatoms. The Labute approximate surface area is 342 Å². The number of ether oxygens (including phenoxy) is 2. The Morgan fingerprint density at radius 3 is 1.86 bits per heavy atom. The van der Waals surface area contributed by atoms with Crippen LogP contribution in [-0.2, 0) is 38.2 Å². The molecule has 0 spiro atoms. The number of fused-ring (bicyclic) bond motifs is 2. The molecule has 0 aromatic heterocycles. The summed E-state index contributed by atoms with van der Waals surface area (Å²) in [6.45, 7) is 15.8. The van der Waals surface area contributed by atoms with Crippen molar-refractivity contribution in [1.29, 1.82) is 0 Å². The molecule has 294 valence electrons. The Bertz CT molecular complexity index is 2140. The van der Waals surface area contributed by atoms with Gasteiger partial charge >= 0.3 is 7.12 Å². The number of hydrogen-bond acceptors (Lipinski definition) is 6. The number of halogens is 1. The van der Waals surface area contributed by atoms with Crippen LogP contribution < -0.4 is 14.8 Å². The Morgan fingerprint density at radius 2 is 1.29 bits per heavy atom. The minimum atomic E-state index is -0.258. The van der Waals surface area contributed by atoms with Crippen LogP contribution in [-0.4, -0.2) is 44.2 Å². The minimum Gasteiger partial charge on any atom is -0.497 e. The summed E-state index contributed by atoms with van der Waals surface area (Å²) in [5, 5.41) is 2.92. The topological polar surface area (TPSA) is 83.1 Å². The molecule has 4 aromatic carbocycles. The third-order valence-corrected chi connectivity index (χ3v) is 11.5. The third kappa shape index (κ3) is 10.7. The van der Waals surface area contributed by atoms with Crippen LogP contribution in [0.5, 0.6) is 11.5 Å². The summed E-state index contributed by atoms with van der Waals surface area (Å²) in [6.07, 6.45) is 9.01. The van der Waals surface area contributed by atoms with E-state index in [0.29, 0.717) is 6.42 Å². The Hall–Kier alpha value is -4.44. The van der Waals surface area contributed by atoms with E-state index in [0.717, 1.165) is 58.5 Å². The van der Waals surface area contributed by atoms with Gasteiger partial charge in [-0.3, -0.25) is 9.59 Å². The highest BCUT2D eigenvalue weighted by atomic mass is 79.9. The van der Waals surface area contributed by atoms with Crippen molar-refractivity contribution in [2.24, 2.45) is 0 Å². The number of ketones is 1. The molecule has 0 unspecified atom stereocenters. The number of benzene rings is 4. The molecule has 0 bridgehead atoms. The fourth-order valence-electron chi connectivity index (χ4n) is 6.96. The molecule has 7 nitrogen and oxygen atoms in total. The van der Waals surface area contributed by atoms with E-state index in [1.165, 1.54) is 51.4 Å². The van der Waals surface area contributed by atoms with Gasteiger partial charge in [-0.25, -0.2) is 0 Å². The number of Topliss-reactive ketones (excluding diaryl/α,β-unsaturated/α-hetero) is 1. The predicted octanol–water partition coefficient (Wildman–Crippen LogP) is 11.0. The highest BCUT2D eigenvalue weighted by Crippen LogP contribution is 2.41. The van der Waals surface area contributed by atoms with Crippen LogP contribution in [0.15, 0.2) is 82.7 Å². The van der Waals surface area contributed by atoms with E-state index >= 15 is 0 Å². The second-order valence-electron chi connectivity index (χ2n) is 15.8. The van der Waals surface area contributed by atoms with Gasteiger partial charge in [0, 0.05) is 29.4 Å². The van der Waals surface area contributed by atoms with Gasteiger partial charge in [0.1, 0.15) is 17.3 Å². The summed E-state index contributed by atoms with van der Waals surface area (Å²) >= 11 is 3.38. The highest BCUT2D eigenvalue weighted by Gasteiger charge is 2.52. The second kappa shape index (κ2) is 18.2. The maximum Gasteiger partial charge on any atom is 0.490 e. The monoisotopic (exact) mass is 819 g/mol. The van der Waals surface area contributed by atoms with Crippen molar-refractivity contribution < 1.29 is 28.4 Å².